The molecule has 108 valence electrons. The van der Waals surface area contributed by atoms with Crippen LogP contribution in [0.1, 0.15) is 28.4 Å². The van der Waals surface area contributed by atoms with E-state index in [2.05, 4.69) is 5.32 Å². The summed E-state index contributed by atoms with van der Waals surface area (Å²) in [7, 11) is 0. The summed E-state index contributed by atoms with van der Waals surface area (Å²) in [5.74, 6) is -0.539. The van der Waals surface area contributed by atoms with E-state index in [1.807, 2.05) is 24.3 Å². The van der Waals surface area contributed by atoms with Crippen LogP contribution in [0.4, 0.5) is 10.1 Å². The molecule has 0 aliphatic carbocycles. The summed E-state index contributed by atoms with van der Waals surface area (Å²) in [5, 5.41) is 3.31. The smallest absolute Gasteiger partial charge is 0.251 e. The Morgan fingerprint density at radius 2 is 2.10 bits per heavy atom. The molecular weight excluding hydrogens is 271 g/mol. The van der Waals surface area contributed by atoms with Crippen molar-refractivity contribution in [2.75, 3.05) is 11.9 Å². The Morgan fingerprint density at radius 1 is 1.29 bits per heavy atom. The minimum atomic E-state index is -0.775. The number of benzene rings is 2. The van der Waals surface area contributed by atoms with Gasteiger partial charge in [-0.25, -0.2) is 4.39 Å². The lowest BCUT2D eigenvalue weighted by Gasteiger charge is -2.27. The fraction of sp³-hybridized carbons (Fsp3) is 0.188. The van der Waals surface area contributed by atoms with Crippen LogP contribution in [-0.4, -0.2) is 12.5 Å². The number of para-hydroxylation sites is 1. The Kier molecular flexibility index (Phi) is 3.48. The number of carbonyl (C=O) groups excluding carboxylic acids is 1. The van der Waals surface area contributed by atoms with Crippen molar-refractivity contribution in [3.63, 3.8) is 0 Å². The average molecular weight is 286 g/mol. The molecule has 0 saturated heterocycles. The van der Waals surface area contributed by atoms with Crippen molar-refractivity contribution >= 4 is 11.6 Å². The van der Waals surface area contributed by atoms with Crippen LogP contribution in [0.15, 0.2) is 42.5 Å². The second-order valence-electron chi connectivity index (χ2n) is 4.93. The Labute approximate surface area is 121 Å². The number of primary amides is 1. The minimum Gasteiger partial charge on any atom is -0.493 e. The van der Waals surface area contributed by atoms with E-state index in [9.17, 15) is 9.18 Å². The second kappa shape index (κ2) is 5.44. The number of nitrogens with two attached hydrogens (primary N) is 1. The highest BCUT2D eigenvalue weighted by molar-refractivity contribution is 5.94. The summed E-state index contributed by atoms with van der Waals surface area (Å²) >= 11 is 0. The van der Waals surface area contributed by atoms with Crippen molar-refractivity contribution in [3.8, 4) is 5.75 Å². The van der Waals surface area contributed by atoms with Gasteiger partial charge in [0.15, 0.2) is 0 Å². The number of halogens is 1. The first-order chi connectivity index (χ1) is 10.1. The van der Waals surface area contributed by atoms with Gasteiger partial charge in [-0.3, -0.25) is 4.79 Å². The Hall–Kier alpha value is -2.56. The molecule has 0 fully saturated rings. The Morgan fingerprint density at radius 3 is 2.90 bits per heavy atom. The van der Waals surface area contributed by atoms with E-state index in [-0.39, 0.29) is 11.6 Å². The van der Waals surface area contributed by atoms with Crippen molar-refractivity contribution in [1.29, 1.82) is 0 Å². The first-order valence-electron chi connectivity index (χ1n) is 6.73. The number of fused-ring (bicyclic) bond motifs is 1. The van der Waals surface area contributed by atoms with Gasteiger partial charge in [0.1, 0.15) is 11.6 Å². The number of anilines is 1. The molecule has 3 N–H and O–H groups in total. The van der Waals surface area contributed by atoms with E-state index in [0.717, 1.165) is 17.7 Å². The molecule has 0 bridgehead atoms. The second-order valence-corrected chi connectivity index (χ2v) is 4.93. The van der Waals surface area contributed by atoms with Gasteiger partial charge in [0.05, 0.1) is 18.2 Å². The van der Waals surface area contributed by atoms with Crippen LogP contribution in [0.5, 0.6) is 5.75 Å². The summed E-state index contributed by atoms with van der Waals surface area (Å²) < 4.78 is 19.1. The number of hydrogen-bond donors (Lipinski definition) is 2. The van der Waals surface area contributed by atoms with E-state index >= 15 is 0 Å². The average Bonchev–Trinajstić information content (AvgIpc) is 2.49. The van der Waals surface area contributed by atoms with E-state index < -0.39 is 11.7 Å². The van der Waals surface area contributed by atoms with Gasteiger partial charge >= 0.3 is 0 Å². The fourth-order valence-corrected chi connectivity index (χ4v) is 2.50. The molecule has 1 atom stereocenters. The molecule has 0 spiro atoms. The molecular formula is C16H15FN2O2. The molecule has 0 radical (unpaired) electrons. The summed E-state index contributed by atoms with van der Waals surface area (Å²) in [6, 6.07) is 12.1. The predicted molar refractivity (Wildman–Crippen MR) is 77.8 cm³/mol. The van der Waals surface area contributed by atoms with Gasteiger partial charge in [0.2, 0.25) is 0 Å². The number of hydrogen-bond acceptors (Lipinski definition) is 3. The van der Waals surface area contributed by atoms with Crippen LogP contribution in [0, 0.1) is 5.82 Å². The van der Waals surface area contributed by atoms with Crippen molar-refractivity contribution in [2.45, 2.75) is 12.5 Å². The van der Waals surface area contributed by atoms with Crippen LogP contribution >= 0.6 is 0 Å². The maximum absolute atomic E-state index is 13.5. The van der Waals surface area contributed by atoms with Gasteiger partial charge in [-0.15, -0.1) is 0 Å². The van der Waals surface area contributed by atoms with Crippen LogP contribution in [0.3, 0.4) is 0 Å². The van der Waals surface area contributed by atoms with Crippen LogP contribution < -0.4 is 15.8 Å². The number of nitrogens with one attached hydrogen (secondary N) is 1. The van der Waals surface area contributed by atoms with Crippen molar-refractivity contribution in [3.05, 3.63) is 59.4 Å². The van der Waals surface area contributed by atoms with E-state index in [0.29, 0.717) is 12.3 Å². The van der Waals surface area contributed by atoms with Gasteiger partial charge in [0.25, 0.3) is 5.91 Å². The molecule has 4 nitrogen and oxygen atoms in total. The maximum Gasteiger partial charge on any atom is 0.251 e. The topological polar surface area (TPSA) is 64.4 Å². The van der Waals surface area contributed by atoms with E-state index in [4.69, 9.17) is 10.5 Å². The zero-order chi connectivity index (χ0) is 14.8. The molecule has 2 aromatic carbocycles. The lowest BCUT2D eigenvalue weighted by molar-refractivity contribution is 0.0996. The summed E-state index contributed by atoms with van der Waals surface area (Å²) in [6.07, 6.45) is 0.792. The minimum absolute atomic E-state index is 0.0566. The van der Waals surface area contributed by atoms with E-state index in [1.165, 1.54) is 12.1 Å². The van der Waals surface area contributed by atoms with Gasteiger partial charge in [-0.1, -0.05) is 18.2 Å². The highest BCUT2D eigenvalue weighted by Gasteiger charge is 2.21. The van der Waals surface area contributed by atoms with Gasteiger partial charge in [-0.05, 0) is 24.3 Å². The fourth-order valence-electron chi connectivity index (χ4n) is 2.50. The predicted octanol–water partition coefficient (Wildman–Crippen LogP) is 2.86. The summed E-state index contributed by atoms with van der Waals surface area (Å²) in [5.41, 5.74) is 6.76. The maximum atomic E-state index is 13.5. The number of amides is 1. The first kappa shape index (κ1) is 13.4. The monoisotopic (exact) mass is 286 g/mol. The number of rotatable bonds is 3. The molecule has 21 heavy (non-hydrogen) atoms. The van der Waals surface area contributed by atoms with Crippen molar-refractivity contribution in [2.24, 2.45) is 5.73 Å². The van der Waals surface area contributed by atoms with Gasteiger partial charge in [0, 0.05) is 17.7 Å². The summed E-state index contributed by atoms with van der Waals surface area (Å²) in [6.45, 7) is 0.610. The molecule has 3 rings (SSSR count). The number of carbonyl (C=O) groups is 1. The Balaban J connectivity index is 1.88. The van der Waals surface area contributed by atoms with E-state index in [1.54, 1.807) is 6.07 Å². The van der Waals surface area contributed by atoms with Crippen molar-refractivity contribution < 1.29 is 13.9 Å². The highest BCUT2D eigenvalue weighted by atomic mass is 19.1. The number of ether oxygens (including phenoxy) is 1. The van der Waals surface area contributed by atoms with Crippen LogP contribution in [0.2, 0.25) is 0 Å². The third-order valence-electron chi connectivity index (χ3n) is 3.53. The lowest BCUT2D eigenvalue weighted by Crippen LogP contribution is -2.21. The Bertz CT molecular complexity index is 688. The van der Waals surface area contributed by atoms with Crippen LogP contribution in [0.25, 0.3) is 0 Å². The molecule has 1 amide bonds. The third kappa shape index (κ3) is 2.67. The molecule has 0 aromatic heterocycles. The van der Waals surface area contributed by atoms with Crippen molar-refractivity contribution in [1.82, 2.24) is 0 Å². The molecule has 1 aliphatic rings. The zero-order valence-electron chi connectivity index (χ0n) is 11.3. The normalized spacial score (nSPS) is 16.7. The van der Waals surface area contributed by atoms with Gasteiger partial charge < -0.3 is 15.8 Å². The first-order valence-corrected chi connectivity index (χ1v) is 6.73. The molecule has 2 aromatic rings. The SMILES string of the molecule is NC(=O)c1cc(NC2CCOc3ccccc32)ccc1F. The molecule has 0 saturated carbocycles. The quantitative estimate of drug-likeness (QED) is 0.912. The molecule has 1 heterocycles. The standard InChI is InChI=1S/C16H15FN2O2/c17-13-6-5-10(9-12(13)16(18)20)19-14-7-8-21-15-4-2-1-3-11(14)15/h1-6,9,14,19H,7-8H2,(H2,18,20). The summed E-state index contributed by atoms with van der Waals surface area (Å²) in [4.78, 5) is 11.2. The highest BCUT2D eigenvalue weighted by Crippen LogP contribution is 2.34. The molecule has 5 heteroatoms. The largest absolute Gasteiger partial charge is 0.493 e. The van der Waals surface area contributed by atoms with Crippen LogP contribution in [-0.2, 0) is 0 Å². The lowest BCUT2D eigenvalue weighted by atomic mass is 10.00. The molecule has 1 unspecified atom stereocenters. The zero-order valence-corrected chi connectivity index (χ0v) is 11.3. The third-order valence-corrected chi connectivity index (χ3v) is 3.53. The van der Waals surface area contributed by atoms with Gasteiger partial charge in [-0.2, -0.15) is 0 Å². The molecule has 1 aliphatic heterocycles.